The topological polar surface area (TPSA) is 42.4 Å². The van der Waals surface area contributed by atoms with E-state index in [4.69, 9.17) is 9.72 Å². The molecule has 2 aromatic carbocycles. The molecule has 0 spiro atoms. The summed E-state index contributed by atoms with van der Waals surface area (Å²) in [4.78, 5) is 20.4. The van der Waals surface area contributed by atoms with E-state index in [0.29, 0.717) is 18.1 Å². The van der Waals surface area contributed by atoms with E-state index in [1.807, 2.05) is 53.2 Å². The van der Waals surface area contributed by atoms with Crippen LogP contribution in [0.15, 0.2) is 71.9 Å². The highest BCUT2D eigenvalue weighted by Crippen LogP contribution is 2.36. The minimum absolute atomic E-state index is 0.0211. The number of carbonyl (C=O) groups is 1. The highest BCUT2D eigenvalue weighted by molar-refractivity contribution is 7.14. The molecule has 2 heterocycles. The van der Waals surface area contributed by atoms with Crippen molar-refractivity contribution in [3.05, 3.63) is 76.8 Å². The molecule has 0 N–H and O–H groups in total. The highest BCUT2D eigenvalue weighted by atomic mass is 32.1. The second-order valence-electron chi connectivity index (χ2n) is 6.43. The van der Waals surface area contributed by atoms with Gasteiger partial charge in [0.2, 0.25) is 5.91 Å². The fourth-order valence-corrected chi connectivity index (χ4v) is 4.81. The van der Waals surface area contributed by atoms with Gasteiger partial charge in [0.25, 0.3) is 0 Å². The molecule has 0 unspecified atom stereocenters. The lowest BCUT2D eigenvalue weighted by molar-refractivity contribution is -0.117. The fourth-order valence-electron chi connectivity index (χ4n) is 3.26. The van der Waals surface area contributed by atoms with E-state index >= 15 is 0 Å². The highest BCUT2D eigenvalue weighted by Gasteiger charge is 2.20. The molecule has 0 saturated carbocycles. The van der Waals surface area contributed by atoms with Crippen LogP contribution in [0.1, 0.15) is 4.88 Å². The number of hydrogen-bond acceptors (Lipinski definition) is 5. The Morgan fingerprint density at radius 3 is 2.69 bits per heavy atom. The molecule has 0 fully saturated rings. The summed E-state index contributed by atoms with van der Waals surface area (Å²) in [6.45, 7) is 4.23. The van der Waals surface area contributed by atoms with Gasteiger partial charge in [-0.2, -0.15) is 0 Å². The number of anilines is 1. The van der Waals surface area contributed by atoms with E-state index in [0.717, 1.165) is 32.7 Å². The molecule has 4 rings (SSSR count). The molecular weight excluding hydrogens is 400 g/mol. The Balaban J connectivity index is 1.69. The minimum atomic E-state index is 0.0211. The summed E-state index contributed by atoms with van der Waals surface area (Å²) in [6.07, 6.45) is 2.10. The first-order chi connectivity index (χ1) is 14.2. The molecule has 29 heavy (non-hydrogen) atoms. The number of nitrogens with zero attached hydrogens (tertiary/aromatic N) is 2. The van der Waals surface area contributed by atoms with E-state index in [1.165, 1.54) is 11.3 Å². The molecule has 4 aromatic rings. The fraction of sp³-hybridized carbons (Fsp3) is 0.130. The standard InChI is InChI=1S/C23H20N2O2S2/c1-3-12-25(22(26)14-16-7-6-13-28-16)23-24-20(15-29-23)18-10-11-21(27-2)19-9-5-4-8-17(18)19/h3-11,13,15H,1,12,14H2,2H3. The molecule has 0 aliphatic carbocycles. The van der Waals surface area contributed by atoms with E-state index in [2.05, 4.69) is 12.6 Å². The van der Waals surface area contributed by atoms with Crippen molar-refractivity contribution in [3.8, 4) is 17.0 Å². The van der Waals surface area contributed by atoms with Crippen LogP contribution in [-0.4, -0.2) is 24.5 Å². The Labute approximate surface area is 177 Å². The maximum absolute atomic E-state index is 12.9. The number of ether oxygens (including phenoxy) is 1. The quantitative estimate of drug-likeness (QED) is 0.355. The molecule has 0 atom stereocenters. The average Bonchev–Trinajstić information content (AvgIpc) is 3.43. The van der Waals surface area contributed by atoms with Gasteiger partial charge in [0.15, 0.2) is 5.13 Å². The van der Waals surface area contributed by atoms with Crippen LogP contribution in [-0.2, 0) is 11.2 Å². The molecule has 0 aliphatic heterocycles. The number of methoxy groups -OCH3 is 1. The first-order valence-electron chi connectivity index (χ1n) is 9.16. The number of amides is 1. The molecular formula is C23H20N2O2S2. The number of aromatic nitrogens is 1. The van der Waals surface area contributed by atoms with Gasteiger partial charge < -0.3 is 4.74 Å². The van der Waals surface area contributed by atoms with Gasteiger partial charge in [-0.3, -0.25) is 9.69 Å². The smallest absolute Gasteiger partial charge is 0.234 e. The minimum Gasteiger partial charge on any atom is -0.496 e. The second-order valence-corrected chi connectivity index (χ2v) is 8.29. The van der Waals surface area contributed by atoms with Crippen LogP contribution in [0.5, 0.6) is 5.75 Å². The number of fused-ring (bicyclic) bond motifs is 1. The van der Waals surface area contributed by atoms with Gasteiger partial charge in [0.1, 0.15) is 5.75 Å². The molecule has 6 heteroatoms. The van der Waals surface area contributed by atoms with Crippen LogP contribution >= 0.6 is 22.7 Å². The Morgan fingerprint density at radius 1 is 1.14 bits per heavy atom. The largest absolute Gasteiger partial charge is 0.496 e. The number of carbonyl (C=O) groups excluding carboxylic acids is 1. The number of benzene rings is 2. The Bertz CT molecular complexity index is 1150. The van der Waals surface area contributed by atoms with Crippen molar-refractivity contribution >= 4 is 44.5 Å². The summed E-state index contributed by atoms with van der Waals surface area (Å²) < 4.78 is 5.49. The van der Waals surface area contributed by atoms with Crippen molar-refractivity contribution in [3.63, 3.8) is 0 Å². The lowest BCUT2D eigenvalue weighted by Crippen LogP contribution is -2.32. The van der Waals surface area contributed by atoms with Crippen LogP contribution < -0.4 is 9.64 Å². The van der Waals surface area contributed by atoms with E-state index in [9.17, 15) is 4.79 Å². The van der Waals surface area contributed by atoms with E-state index < -0.39 is 0 Å². The zero-order chi connectivity index (χ0) is 20.2. The molecule has 0 bridgehead atoms. The van der Waals surface area contributed by atoms with Crippen molar-refractivity contribution < 1.29 is 9.53 Å². The van der Waals surface area contributed by atoms with Gasteiger partial charge in [-0.25, -0.2) is 4.98 Å². The van der Waals surface area contributed by atoms with Crippen molar-refractivity contribution in [2.75, 3.05) is 18.6 Å². The molecule has 1 amide bonds. The first kappa shape index (κ1) is 19.4. The summed E-state index contributed by atoms with van der Waals surface area (Å²) >= 11 is 3.06. The van der Waals surface area contributed by atoms with Crippen LogP contribution in [0.4, 0.5) is 5.13 Å². The van der Waals surface area contributed by atoms with Crippen LogP contribution in [0.2, 0.25) is 0 Å². The summed E-state index contributed by atoms with van der Waals surface area (Å²) in [5, 5.41) is 6.78. The molecule has 0 aliphatic rings. The summed E-state index contributed by atoms with van der Waals surface area (Å²) in [6, 6.07) is 16.0. The SMILES string of the molecule is C=CCN(C(=O)Cc1cccs1)c1nc(-c2ccc(OC)c3ccccc23)cs1. The maximum Gasteiger partial charge on any atom is 0.234 e. The Morgan fingerprint density at radius 2 is 1.97 bits per heavy atom. The first-order valence-corrected chi connectivity index (χ1v) is 10.9. The second kappa shape index (κ2) is 8.59. The zero-order valence-electron chi connectivity index (χ0n) is 16.0. The molecule has 146 valence electrons. The lowest BCUT2D eigenvalue weighted by atomic mass is 10.0. The third-order valence-electron chi connectivity index (χ3n) is 4.62. The molecule has 0 saturated heterocycles. The third kappa shape index (κ3) is 3.95. The predicted octanol–water partition coefficient (Wildman–Crippen LogP) is 5.80. The Hall–Kier alpha value is -2.96. The van der Waals surface area contributed by atoms with Crippen molar-refractivity contribution in [1.82, 2.24) is 4.98 Å². The normalized spacial score (nSPS) is 10.8. The number of thiazole rings is 1. The van der Waals surface area contributed by atoms with Gasteiger partial charge in [-0.15, -0.1) is 29.3 Å². The van der Waals surface area contributed by atoms with Gasteiger partial charge in [0, 0.05) is 27.8 Å². The summed E-state index contributed by atoms with van der Waals surface area (Å²) in [7, 11) is 1.68. The summed E-state index contributed by atoms with van der Waals surface area (Å²) in [5.41, 5.74) is 1.87. The number of thiophene rings is 1. The van der Waals surface area contributed by atoms with Gasteiger partial charge in [-0.1, -0.05) is 36.4 Å². The van der Waals surface area contributed by atoms with E-state index in [-0.39, 0.29) is 5.91 Å². The number of hydrogen-bond donors (Lipinski definition) is 0. The van der Waals surface area contributed by atoms with Crippen molar-refractivity contribution in [2.45, 2.75) is 6.42 Å². The third-order valence-corrected chi connectivity index (χ3v) is 6.36. The monoisotopic (exact) mass is 420 g/mol. The van der Waals surface area contributed by atoms with E-state index in [1.54, 1.807) is 29.4 Å². The summed E-state index contributed by atoms with van der Waals surface area (Å²) in [5.74, 6) is 0.854. The number of rotatable bonds is 7. The Kier molecular flexibility index (Phi) is 5.74. The molecule has 2 aromatic heterocycles. The molecule has 0 radical (unpaired) electrons. The van der Waals surface area contributed by atoms with Gasteiger partial charge >= 0.3 is 0 Å². The van der Waals surface area contributed by atoms with Crippen LogP contribution in [0.25, 0.3) is 22.0 Å². The maximum atomic E-state index is 12.9. The van der Waals surface area contributed by atoms with Crippen molar-refractivity contribution in [1.29, 1.82) is 0 Å². The average molecular weight is 421 g/mol. The van der Waals surface area contributed by atoms with Crippen LogP contribution in [0.3, 0.4) is 0 Å². The van der Waals surface area contributed by atoms with Gasteiger partial charge in [0.05, 0.1) is 19.2 Å². The predicted molar refractivity (Wildman–Crippen MR) is 122 cm³/mol. The van der Waals surface area contributed by atoms with Gasteiger partial charge in [-0.05, 0) is 29.0 Å². The van der Waals surface area contributed by atoms with Crippen molar-refractivity contribution in [2.24, 2.45) is 0 Å². The molecule has 4 nitrogen and oxygen atoms in total. The lowest BCUT2D eigenvalue weighted by Gasteiger charge is -2.17. The van der Waals surface area contributed by atoms with Crippen LogP contribution in [0, 0.1) is 0 Å². The zero-order valence-corrected chi connectivity index (χ0v) is 17.6.